The number of aryl methyl sites for hydroxylation is 1. The molecule has 0 bridgehead atoms. The average Bonchev–Trinajstić information content (AvgIpc) is 2.98. The van der Waals surface area contributed by atoms with Crippen LogP contribution in [0.3, 0.4) is 0 Å². The lowest BCUT2D eigenvalue weighted by Gasteiger charge is -2.22. The maximum absolute atomic E-state index is 13.0. The second-order valence-electron chi connectivity index (χ2n) is 6.82. The van der Waals surface area contributed by atoms with Gasteiger partial charge in [0.1, 0.15) is 13.2 Å². The molecule has 1 N–H and O–H groups in total. The number of aliphatic hydroxyl groups is 1. The lowest BCUT2D eigenvalue weighted by atomic mass is 10.2. The molecular formula is C21H28N2O4. The van der Waals surface area contributed by atoms with Crippen LogP contribution in [0.4, 0.5) is 0 Å². The Labute approximate surface area is 160 Å². The number of benzene rings is 1. The third-order valence-electron chi connectivity index (χ3n) is 4.88. The van der Waals surface area contributed by atoms with Crippen molar-refractivity contribution in [1.29, 1.82) is 0 Å². The molecule has 0 unspecified atom stereocenters. The van der Waals surface area contributed by atoms with Crippen LogP contribution in [-0.2, 0) is 0 Å². The molecule has 0 saturated heterocycles. The van der Waals surface area contributed by atoms with Crippen LogP contribution >= 0.6 is 0 Å². The fourth-order valence-corrected chi connectivity index (χ4v) is 3.50. The van der Waals surface area contributed by atoms with Gasteiger partial charge in [-0.1, -0.05) is 13.3 Å². The summed E-state index contributed by atoms with van der Waals surface area (Å²) in [6.45, 7) is 8.11. The Balaban J connectivity index is 1.93. The van der Waals surface area contributed by atoms with Crippen molar-refractivity contribution in [1.82, 2.24) is 9.47 Å². The second kappa shape index (κ2) is 8.48. The smallest absolute Gasteiger partial charge is 0.255 e. The Kier molecular flexibility index (Phi) is 6.06. The van der Waals surface area contributed by atoms with E-state index in [2.05, 4.69) is 11.5 Å². The Morgan fingerprint density at radius 3 is 2.59 bits per heavy atom. The topological polar surface area (TPSA) is 63.9 Å². The number of unbranched alkanes of at least 4 members (excludes halogenated alkanes) is 1. The summed E-state index contributed by atoms with van der Waals surface area (Å²) in [6, 6.07) is 7.75. The Hall–Kier alpha value is -2.47. The van der Waals surface area contributed by atoms with E-state index >= 15 is 0 Å². The van der Waals surface area contributed by atoms with Crippen molar-refractivity contribution in [3.8, 4) is 17.2 Å². The Bertz CT molecular complexity index is 813. The predicted octanol–water partition coefficient (Wildman–Crippen LogP) is 3.10. The lowest BCUT2D eigenvalue weighted by Crippen LogP contribution is -2.34. The van der Waals surface area contributed by atoms with E-state index in [4.69, 9.17) is 9.47 Å². The minimum absolute atomic E-state index is 0.0314. The van der Waals surface area contributed by atoms with Crippen LogP contribution in [0, 0.1) is 13.8 Å². The highest BCUT2D eigenvalue weighted by Crippen LogP contribution is 2.33. The summed E-state index contributed by atoms with van der Waals surface area (Å²) < 4.78 is 13.3. The van der Waals surface area contributed by atoms with Crippen molar-refractivity contribution in [2.24, 2.45) is 0 Å². The maximum Gasteiger partial charge on any atom is 0.255 e. The molecule has 1 amide bonds. The van der Waals surface area contributed by atoms with Crippen LogP contribution in [-0.4, -0.2) is 53.4 Å². The van der Waals surface area contributed by atoms with E-state index in [1.807, 2.05) is 38.1 Å². The Morgan fingerprint density at radius 2 is 1.89 bits per heavy atom. The van der Waals surface area contributed by atoms with Gasteiger partial charge in [0.15, 0.2) is 11.5 Å². The molecule has 2 heterocycles. The minimum atomic E-state index is -0.0330. The molecule has 0 fully saturated rings. The maximum atomic E-state index is 13.0. The van der Waals surface area contributed by atoms with Gasteiger partial charge in [-0.15, -0.1) is 0 Å². The number of carbonyl (C=O) groups excluding carboxylic acids is 1. The number of rotatable bonds is 7. The molecule has 0 aliphatic carbocycles. The SMILES string of the molecule is CCCCN(CCO)C(=O)c1cc(C)n(-c2ccc3c(c2)OCCO3)c1C. The highest BCUT2D eigenvalue weighted by Gasteiger charge is 2.22. The number of amides is 1. The second-order valence-corrected chi connectivity index (χ2v) is 6.82. The van der Waals surface area contributed by atoms with Crippen molar-refractivity contribution in [2.75, 3.05) is 32.9 Å². The normalized spacial score (nSPS) is 12.9. The first kappa shape index (κ1) is 19.3. The van der Waals surface area contributed by atoms with Gasteiger partial charge in [-0.3, -0.25) is 4.79 Å². The summed E-state index contributed by atoms with van der Waals surface area (Å²) in [5.41, 5.74) is 3.48. The molecule has 1 aromatic carbocycles. The molecule has 27 heavy (non-hydrogen) atoms. The molecule has 146 valence electrons. The van der Waals surface area contributed by atoms with Crippen molar-refractivity contribution in [3.63, 3.8) is 0 Å². The summed E-state index contributed by atoms with van der Waals surface area (Å²) in [4.78, 5) is 14.8. The Morgan fingerprint density at radius 1 is 1.15 bits per heavy atom. The van der Waals surface area contributed by atoms with E-state index in [-0.39, 0.29) is 12.5 Å². The zero-order valence-corrected chi connectivity index (χ0v) is 16.3. The molecule has 6 nitrogen and oxygen atoms in total. The van der Waals surface area contributed by atoms with Gasteiger partial charge < -0.3 is 24.0 Å². The van der Waals surface area contributed by atoms with E-state index in [0.29, 0.717) is 31.9 Å². The summed E-state index contributed by atoms with van der Waals surface area (Å²) >= 11 is 0. The number of fused-ring (bicyclic) bond motifs is 1. The third kappa shape index (κ3) is 3.95. The van der Waals surface area contributed by atoms with Gasteiger partial charge in [0.05, 0.1) is 12.2 Å². The molecule has 0 spiro atoms. The number of hydrogen-bond acceptors (Lipinski definition) is 4. The summed E-state index contributed by atoms with van der Waals surface area (Å²) in [5, 5.41) is 9.33. The summed E-state index contributed by atoms with van der Waals surface area (Å²) in [5.74, 6) is 1.44. The number of ether oxygens (including phenoxy) is 2. The van der Waals surface area contributed by atoms with Crippen LogP contribution in [0.5, 0.6) is 11.5 Å². The average molecular weight is 372 g/mol. The first-order valence-electron chi connectivity index (χ1n) is 9.56. The largest absolute Gasteiger partial charge is 0.486 e. The molecular weight excluding hydrogens is 344 g/mol. The van der Waals surface area contributed by atoms with Crippen LogP contribution in [0.15, 0.2) is 24.3 Å². The van der Waals surface area contributed by atoms with E-state index in [0.717, 1.165) is 41.4 Å². The van der Waals surface area contributed by atoms with Gasteiger partial charge in [0, 0.05) is 36.2 Å². The monoisotopic (exact) mass is 372 g/mol. The van der Waals surface area contributed by atoms with Crippen LogP contribution in [0.25, 0.3) is 5.69 Å². The fourth-order valence-electron chi connectivity index (χ4n) is 3.50. The fraction of sp³-hybridized carbons (Fsp3) is 0.476. The van der Waals surface area contributed by atoms with Crippen LogP contribution in [0.2, 0.25) is 0 Å². The number of hydrogen-bond donors (Lipinski definition) is 1. The molecule has 1 aliphatic heterocycles. The van der Waals surface area contributed by atoms with Gasteiger partial charge in [0.25, 0.3) is 5.91 Å². The first-order valence-corrected chi connectivity index (χ1v) is 9.56. The van der Waals surface area contributed by atoms with E-state index < -0.39 is 0 Å². The summed E-state index contributed by atoms with van der Waals surface area (Å²) in [6.07, 6.45) is 1.93. The molecule has 3 rings (SSSR count). The minimum Gasteiger partial charge on any atom is -0.486 e. The van der Waals surface area contributed by atoms with Crippen molar-refractivity contribution in [2.45, 2.75) is 33.6 Å². The van der Waals surface area contributed by atoms with Crippen molar-refractivity contribution in [3.05, 3.63) is 41.2 Å². The van der Waals surface area contributed by atoms with E-state index in [1.54, 1.807) is 4.90 Å². The van der Waals surface area contributed by atoms with E-state index in [1.165, 1.54) is 0 Å². The number of nitrogens with zero attached hydrogens (tertiary/aromatic N) is 2. The summed E-state index contributed by atoms with van der Waals surface area (Å²) in [7, 11) is 0. The van der Waals surface area contributed by atoms with Gasteiger partial charge in [-0.05, 0) is 38.5 Å². The standard InChI is InChI=1S/C21H28N2O4/c1-4-5-8-22(9-10-24)21(25)18-13-15(2)23(16(18)3)17-6-7-19-20(14-17)27-12-11-26-19/h6-7,13-14,24H,4-5,8-12H2,1-3H3. The molecule has 0 atom stereocenters. The van der Waals surface area contributed by atoms with Crippen LogP contribution in [0.1, 0.15) is 41.5 Å². The van der Waals surface area contributed by atoms with E-state index in [9.17, 15) is 9.90 Å². The number of aromatic nitrogens is 1. The third-order valence-corrected chi connectivity index (χ3v) is 4.88. The molecule has 2 aromatic rings. The van der Waals surface area contributed by atoms with Crippen molar-refractivity contribution < 1.29 is 19.4 Å². The van der Waals surface area contributed by atoms with Gasteiger partial charge in [-0.25, -0.2) is 0 Å². The quantitative estimate of drug-likeness (QED) is 0.811. The highest BCUT2D eigenvalue weighted by molar-refractivity contribution is 5.96. The number of aliphatic hydroxyl groups excluding tert-OH is 1. The lowest BCUT2D eigenvalue weighted by molar-refractivity contribution is 0.0718. The van der Waals surface area contributed by atoms with Gasteiger partial charge in [-0.2, -0.15) is 0 Å². The van der Waals surface area contributed by atoms with Crippen molar-refractivity contribution >= 4 is 5.91 Å². The molecule has 6 heteroatoms. The predicted molar refractivity (Wildman–Crippen MR) is 104 cm³/mol. The molecule has 1 aromatic heterocycles. The van der Waals surface area contributed by atoms with Gasteiger partial charge in [0.2, 0.25) is 0 Å². The molecule has 1 aliphatic rings. The first-order chi connectivity index (χ1) is 13.1. The van der Waals surface area contributed by atoms with Crippen LogP contribution < -0.4 is 9.47 Å². The zero-order valence-electron chi connectivity index (χ0n) is 16.3. The highest BCUT2D eigenvalue weighted by atomic mass is 16.6. The number of carbonyl (C=O) groups is 1. The molecule has 0 saturated carbocycles. The molecule has 0 radical (unpaired) electrons. The zero-order chi connectivity index (χ0) is 19.4. The van der Waals surface area contributed by atoms with Gasteiger partial charge >= 0.3 is 0 Å².